The summed E-state index contributed by atoms with van der Waals surface area (Å²) in [5, 5.41) is 0. The molecule has 1 amide bonds. The van der Waals surface area contributed by atoms with Gasteiger partial charge in [-0.15, -0.1) is 0 Å². The average Bonchev–Trinajstić information content (AvgIpc) is 3.27. The first-order valence-corrected chi connectivity index (χ1v) is 8.78. The minimum atomic E-state index is -0.0160. The van der Waals surface area contributed by atoms with Crippen LogP contribution in [0.4, 0.5) is 0 Å². The summed E-state index contributed by atoms with van der Waals surface area (Å²) in [4.78, 5) is 22.6. The number of nitrogens with one attached hydrogen (secondary N) is 1. The minimum absolute atomic E-state index is 0.0160. The molecule has 0 unspecified atom stereocenters. The summed E-state index contributed by atoms with van der Waals surface area (Å²) in [5.41, 5.74) is 3.79. The van der Waals surface area contributed by atoms with Crippen LogP contribution < -0.4 is 9.47 Å². The zero-order valence-electron chi connectivity index (χ0n) is 14.9. The summed E-state index contributed by atoms with van der Waals surface area (Å²) in [6.07, 6.45) is 0.678. The lowest BCUT2D eigenvalue weighted by molar-refractivity contribution is 0.0765. The molecule has 2 heterocycles. The molecular weight excluding hydrogens is 330 g/mol. The van der Waals surface area contributed by atoms with Gasteiger partial charge in [0.1, 0.15) is 5.82 Å². The molecule has 26 heavy (non-hydrogen) atoms. The highest BCUT2D eigenvalue weighted by atomic mass is 16.7. The molecule has 6 nitrogen and oxygen atoms in total. The van der Waals surface area contributed by atoms with Crippen molar-refractivity contribution in [3.63, 3.8) is 0 Å². The average molecular weight is 351 g/mol. The molecule has 6 heteroatoms. The maximum atomic E-state index is 12.8. The number of aromatic nitrogens is 2. The molecule has 1 aliphatic rings. The molecule has 0 saturated carbocycles. The second-order valence-corrected chi connectivity index (χ2v) is 6.41. The number of ether oxygens (including phenoxy) is 2. The molecule has 0 aliphatic carbocycles. The van der Waals surface area contributed by atoms with Crippen LogP contribution in [0.25, 0.3) is 11.0 Å². The SMILES string of the molecule is CCN(CCc1nc2ccc(C)cc2[nH]1)C(=O)c1ccc2c(c1)OCO2. The highest BCUT2D eigenvalue weighted by molar-refractivity contribution is 5.95. The first kappa shape index (κ1) is 16.4. The van der Waals surface area contributed by atoms with Crippen molar-refractivity contribution in [1.29, 1.82) is 0 Å². The van der Waals surface area contributed by atoms with E-state index >= 15 is 0 Å². The Morgan fingerprint density at radius 3 is 2.88 bits per heavy atom. The van der Waals surface area contributed by atoms with Crippen molar-refractivity contribution in [2.45, 2.75) is 20.3 Å². The Labute approximate surface area is 151 Å². The molecule has 3 aromatic rings. The second-order valence-electron chi connectivity index (χ2n) is 6.41. The van der Waals surface area contributed by atoms with Crippen molar-refractivity contribution in [1.82, 2.24) is 14.9 Å². The lowest BCUT2D eigenvalue weighted by Crippen LogP contribution is -2.32. The number of carbonyl (C=O) groups is 1. The van der Waals surface area contributed by atoms with E-state index in [0.29, 0.717) is 36.6 Å². The number of nitrogens with zero attached hydrogens (tertiary/aromatic N) is 2. The van der Waals surface area contributed by atoms with E-state index in [4.69, 9.17) is 9.47 Å². The maximum Gasteiger partial charge on any atom is 0.253 e. The lowest BCUT2D eigenvalue weighted by atomic mass is 10.1. The van der Waals surface area contributed by atoms with Crippen LogP contribution in [0.3, 0.4) is 0 Å². The van der Waals surface area contributed by atoms with Crippen molar-refractivity contribution >= 4 is 16.9 Å². The number of fused-ring (bicyclic) bond motifs is 2. The summed E-state index contributed by atoms with van der Waals surface area (Å²) < 4.78 is 10.7. The maximum absolute atomic E-state index is 12.8. The highest BCUT2D eigenvalue weighted by Gasteiger charge is 2.19. The highest BCUT2D eigenvalue weighted by Crippen LogP contribution is 2.32. The van der Waals surface area contributed by atoms with Gasteiger partial charge in [0.05, 0.1) is 11.0 Å². The van der Waals surface area contributed by atoms with Gasteiger partial charge >= 0.3 is 0 Å². The molecule has 0 spiro atoms. The van der Waals surface area contributed by atoms with Crippen molar-refractivity contribution < 1.29 is 14.3 Å². The molecule has 1 aromatic heterocycles. The smallest absolute Gasteiger partial charge is 0.253 e. The predicted molar refractivity (Wildman–Crippen MR) is 98.7 cm³/mol. The Bertz CT molecular complexity index is 964. The van der Waals surface area contributed by atoms with E-state index in [1.54, 1.807) is 18.2 Å². The van der Waals surface area contributed by atoms with Gasteiger partial charge in [0, 0.05) is 25.1 Å². The third-order valence-corrected chi connectivity index (χ3v) is 4.59. The molecule has 134 valence electrons. The van der Waals surface area contributed by atoms with Gasteiger partial charge < -0.3 is 19.4 Å². The van der Waals surface area contributed by atoms with Crippen LogP contribution in [0.2, 0.25) is 0 Å². The number of imidazole rings is 1. The number of rotatable bonds is 5. The van der Waals surface area contributed by atoms with E-state index in [0.717, 1.165) is 16.9 Å². The summed E-state index contributed by atoms with van der Waals surface area (Å²) in [7, 11) is 0. The van der Waals surface area contributed by atoms with E-state index in [2.05, 4.69) is 29.0 Å². The van der Waals surface area contributed by atoms with Crippen LogP contribution in [0.15, 0.2) is 36.4 Å². The third-order valence-electron chi connectivity index (χ3n) is 4.59. The van der Waals surface area contributed by atoms with Crippen molar-refractivity contribution in [2.75, 3.05) is 19.9 Å². The van der Waals surface area contributed by atoms with E-state index in [9.17, 15) is 4.79 Å². The van der Waals surface area contributed by atoms with Crippen LogP contribution in [-0.4, -0.2) is 40.7 Å². The first-order valence-electron chi connectivity index (χ1n) is 8.78. The first-order chi connectivity index (χ1) is 12.6. The zero-order valence-corrected chi connectivity index (χ0v) is 14.9. The van der Waals surface area contributed by atoms with Gasteiger partial charge in [0.2, 0.25) is 6.79 Å². The van der Waals surface area contributed by atoms with E-state index in [1.165, 1.54) is 5.56 Å². The molecule has 0 atom stereocenters. The number of amides is 1. The van der Waals surface area contributed by atoms with Crippen LogP contribution in [0.5, 0.6) is 11.5 Å². The third kappa shape index (κ3) is 3.10. The number of hydrogen-bond donors (Lipinski definition) is 1. The molecule has 0 saturated heterocycles. The van der Waals surface area contributed by atoms with E-state index < -0.39 is 0 Å². The van der Waals surface area contributed by atoms with Crippen molar-refractivity contribution in [2.24, 2.45) is 0 Å². The lowest BCUT2D eigenvalue weighted by Gasteiger charge is -2.20. The quantitative estimate of drug-likeness (QED) is 0.766. The summed E-state index contributed by atoms with van der Waals surface area (Å²) in [5.74, 6) is 2.18. The summed E-state index contributed by atoms with van der Waals surface area (Å²) >= 11 is 0. The number of hydrogen-bond acceptors (Lipinski definition) is 4. The Balaban J connectivity index is 1.47. The Morgan fingerprint density at radius 2 is 2.04 bits per heavy atom. The minimum Gasteiger partial charge on any atom is -0.454 e. The Morgan fingerprint density at radius 1 is 1.19 bits per heavy atom. The molecule has 1 aliphatic heterocycles. The molecule has 4 rings (SSSR count). The molecule has 1 N–H and O–H groups in total. The topological polar surface area (TPSA) is 67.5 Å². The van der Waals surface area contributed by atoms with Gasteiger partial charge in [-0.2, -0.15) is 0 Å². The van der Waals surface area contributed by atoms with Crippen molar-refractivity contribution in [3.05, 3.63) is 53.3 Å². The zero-order chi connectivity index (χ0) is 18.1. The fourth-order valence-corrected chi connectivity index (χ4v) is 3.15. The molecule has 2 aromatic carbocycles. The summed E-state index contributed by atoms with van der Waals surface area (Å²) in [6.45, 7) is 5.47. The summed E-state index contributed by atoms with van der Waals surface area (Å²) in [6, 6.07) is 11.5. The molecule has 0 bridgehead atoms. The van der Waals surface area contributed by atoms with Gasteiger partial charge in [0.25, 0.3) is 5.91 Å². The van der Waals surface area contributed by atoms with Crippen LogP contribution in [0, 0.1) is 6.92 Å². The van der Waals surface area contributed by atoms with Gasteiger partial charge in [0.15, 0.2) is 11.5 Å². The van der Waals surface area contributed by atoms with Gasteiger partial charge in [-0.3, -0.25) is 4.79 Å². The predicted octanol–water partition coefficient (Wildman–Crippen LogP) is 3.30. The normalized spacial score (nSPS) is 12.5. The molecule has 0 radical (unpaired) electrons. The van der Waals surface area contributed by atoms with Gasteiger partial charge in [-0.25, -0.2) is 4.98 Å². The van der Waals surface area contributed by atoms with Gasteiger partial charge in [-0.1, -0.05) is 6.07 Å². The number of H-pyrrole nitrogens is 1. The second kappa shape index (κ2) is 6.71. The van der Waals surface area contributed by atoms with Gasteiger partial charge in [-0.05, 0) is 49.7 Å². The van der Waals surface area contributed by atoms with E-state index in [1.807, 2.05) is 17.9 Å². The number of carbonyl (C=O) groups excluding carboxylic acids is 1. The molecule has 0 fully saturated rings. The van der Waals surface area contributed by atoms with Crippen molar-refractivity contribution in [3.8, 4) is 11.5 Å². The van der Waals surface area contributed by atoms with E-state index in [-0.39, 0.29) is 12.7 Å². The number of likely N-dealkylation sites (N-methyl/N-ethyl adjacent to an activating group) is 1. The Kier molecular flexibility index (Phi) is 4.24. The fourth-order valence-electron chi connectivity index (χ4n) is 3.15. The Hall–Kier alpha value is -3.02. The van der Waals surface area contributed by atoms with Crippen LogP contribution >= 0.6 is 0 Å². The monoisotopic (exact) mass is 351 g/mol. The molecular formula is C20H21N3O3. The largest absolute Gasteiger partial charge is 0.454 e. The number of benzene rings is 2. The standard InChI is InChI=1S/C20H21N3O3/c1-3-23(20(24)14-5-7-17-18(11-14)26-12-25-17)9-8-19-21-15-6-4-13(2)10-16(15)22-19/h4-7,10-11H,3,8-9,12H2,1-2H3,(H,21,22). The number of aryl methyl sites for hydroxylation is 1. The fraction of sp³-hybridized carbons (Fsp3) is 0.300. The van der Waals surface area contributed by atoms with Crippen LogP contribution in [0.1, 0.15) is 28.7 Å². The number of aromatic amines is 1. The van der Waals surface area contributed by atoms with Crippen LogP contribution in [-0.2, 0) is 6.42 Å².